The molecule has 0 unspecified atom stereocenters. The van der Waals surface area contributed by atoms with Gasteiger partial charge in [0.25, 0.3) is 0 Å². The normalized spacial score (nSPS) is 11.1. The van der Waals surface area contributed by atoms with Gasteiger partial charge in [0.1, 0.15) is 6.33 Å². The molecule has 0 fully saturated rings. The molecule has 0 aliphatic rings. The van der Waals surface area contributed by atoms with Crippen LogP contribution in [0.3, 0.4) is 0 Å². The first-order valence-corrected chi connectivity index (χ1v) is 10.9. The smallest absolute Gasteiger partial charge is 0.242 e. The van der Waals surface area contributed by atoms with Crippen LogP contribution in [0.25, 0.3) is 11.4 Å². The van der Waals surface area contributed by atoms with E-state index in [9.17, 15) is 0 Å². The quantitative estimate of drug-likeness (QED) is 0.481. The summed E-state index contributed by atoms with van der Waals surface area (Å²) in [5.41, 5.74) is 13.1. The van der Waals surface area contributed by atoms with Gasteiger partial charge in [0.15, 0.2) is 5.82 Å². The van der Waals surface area contributed by atoms with E-state index in [2.05, 4.69) is 100 Å². The molecule has 3 nitrogen and oxygen atoms in total. The maximum atomic E-state index is 4.34. The van der Waals surface area contributed by atoms with Crippen molar-refractivity contribution in [2.75, 3.05) is 0 Å². The molecule has 0 atom stereocenters. The highest BCUT2D eigenvalue weighted by Gasteiger charge is 2.28. The number of hydrogen-bond acceptors (Lipinski definition) is 2. The molecule has 0 saturated heterocycles. The molecule has 1 heterocycles. The maximum Gasteiger partial charge on any atom is 0.242 e. The van der Waals surface area contributed by atoms with Crippen LogP contribution in [0.15, 0.2) is 54.9 Å². The summed E-state index contributed by atoms with van der Waals surface area (Å²) in [5.74, 6) is 0.885. The fourth-order valence-corrected chi connectivity index (χ4v) is 5.17. The molecule has 3 aromatic carbocycles. The van der Waals surface area contributed by atoms with Gasteiger partial charge in [-0.1, -0.05) is 98.3 Å². The van der Waals surface area contributed by atoms with Gasteiger partial charge in [-0.05, 0) is 41.5 Å². The average molecular weight is 407 g/mol. The second-order valence-corrected chi connectivity index (χ2v) is 8.95. The topological polar surface area (TPSA) is 30.7 Å². The molecule has 31 heavy (non-hydrogen) atoms. The van der Waals surface area contributed by atoms with Gasteiger partial charge in [-0.25, -0.2) is 0 Å². The fraction of sp³-hybridized carbons (Fsp3) is 0.259. The van der Waals surface area contributed by atoms with Crippen LogP contribution < -0.4 is 16.4 Å². The summed E-state index contributed by atoms with van der Waals surface area (Å²) >= 11 is 0. The first kappa shape index (κ1) is 21.1. The Labute approximate surface area is 186 Å². The highest BCUT2D eigenvalue weighted by molar-refractivity contribution is 6.96. The second-order valence-electron chi connectivity index (χ2n) is 8.95. The Bertz CT molecular complexity index is 1170. The largest absolute Gasteiger partial charge is 0.317 e. The number of aromatic nitrogens is 3. The van der Waals surface area contributed by atoms with Crippen LogP contribution >= 0.6 is 0 Å². The van der Waals surface area contributed by atoms with Crippen LogP contribution in [-0.4, -0.2) is 21.5 Å². The van der Waals surface area contributed by atoms with Crippen molar-refractivity contribution in [3.05, 3.63) is 88.2 Å². The molecule has 0 aliphatic carbocycles. The van der Waals surface area contributed by atoms with Crippen molar-refractivity contribution in [1.82, 2.24) is 14.8 Å². The minimum atomic E-state index is 0.161. The van der Waals surface area contributed by atoms with Crippen LogP contribution in [0, 0.1) is 41.5 Å². The molecule has 0 spiro atoms. The maximum absolute atomic E-state index is 4.34. The molecule has 0 saturated carbocycles. The Balaban J connectivity index is 2.01. The van der Waals surface area contributed by atoms with Gasteiger partial charge in [0, 0.05) is 12.6 Å². The number of hydrogen-bond donors (Lipinski definition) is 0. The summed E-state index contributed by atoms with van der Waals surface area (Å²) in [5, 5.41) is 8.42. The molecule has 4 heteroatoms. The van der Waals surface area contributed by atoms with Crippen molar-refractivity contribution < 1.29 is 0 Å². The zero-order valence-electron chi connectivity index (χ0n) is 19.6. The van der Waals surface area contributed by atoms with Crippen molar-refractivity contribution in [2.24, 2.45) is 7.05 Å². The van der Waals surface area contributed by atoms with Gasteiger partial charge in [0.05, 0.1) is 0 Å². The monoisotopic (exact) mass is 407 g/mol. The lowest BCUT2D eigenvalue weighted by Gasteiger charge is -2.25. The summed E-state index contributed by atoms with van der Waals surface area (Å²) in [7, 11) is 1.99. The highest BCUT2D eigenvalue weighted by Crippen LogP contribution is 2.17. The summed E-state index contributed by atoms with van der Waals surface area (Å²) in [4.78, 5) is 0. The summed E-state index contributed by atoms with van der Waals surface area (Å²) in [6.07, 6.45) is 1.75. The van der Waals surface area contributed by atoms with Gasteiger partial charge in [-0.15, -0.1) is 10.2 Å². The Morgan fingerprint density at radius 2 is 1.23 bits per heavy atom. The predicted octanol–water partition coefficient (Wildman–Crippen LogP) is 3.85. The minimum absolute atomic E-state index is 0.161. The van der Waals surface area contributed by atoms with E-state index in [1.165, 1.54) is 49.8 Å². The van der Waals surface area contributed by atoms with Crippen LogP contribution in [0.2, 0.25) is 0 Å². The molecule has 156 valence electrons. The van der Waals surface area contributed by atoms with Gasteiger partial charge < -0.3 is 4.57 Å². The van der Waals surface area contributed by atoms with E-state index in [1.807, 2.05) is 11.6 Å². The second kappa shape index (κ2) is 8.18. The van der Waals surface area contributed by atoms with E-state index < -0.39 is 0 Å². The fourth-order valence-electron chi connectivity index (χ4n) is 5.17. The van der Waals surface area contributed by atoms with E-state index >= 15 is 0 Å². The SMILES string of the molecule is Cc1cc(C)c(B(c2cccc(-c3nncn3C)c2)c2c(C)cc(C)cc2C)c(C)c1. The van der Waals surface area contributed by atoms with Crippen molar-refractivity contribution in [3.63, 3.8) is 0 Å². The molecular formula is C27H30BN3. The summed E-state index contributed by atoms with van der Waals surface area (Å²) in [6.45, 7) is 13.5. The lowest BCUT2D eigenvalue weighted by atomic mass is 9.34. The lowest BCUT2D eigenvalue weighted by Crippen LogP contribution is -2.55. The number of nitrogens with zero attached hydrogens (tertiary/aromatic N) is 3. The van der Waals surface area contributed by atoms with Crippen LogP contribution in [0.5, 0.6) is 0 Å². The molecule has 1 aromatic heterocycles. The predicted molar refractivity (Wildman–Crippen MR) is 132 cm³/mol. The number of rotatable bonds is 4. The van der Waals surface area contributed by atoms with Crippen molar-refractivity contribution in [3.8, 4) is 11.4 Å². The molecule has 0 radical (unpaired) electrons. The molecule has 4 aromatic rings. The van der Waals surface area contributed by atoms with Gasteiger partial charge in [-0.3, -0.25) is 0 Å². The molecule has 4 rings (SSSR count). The summed E-state index contributed by atoms with van der Waals surface area (Å²) in [6, 6.07) is 18.0. The van der Waals surface area contributed by atoms with E-state index in [4.69, 9.17) is 0 Å². The Kier molecular flexibility index (Phi) is 5.57. The standard InChI is InChI=1S/C27H30BN3/c1-17-11-19(3)25(20(4)12-17)28(26-21(5)13-18(2)14-22(26)6)24-10-8-9-23(15-24)27-30-29-16-31(27)7/h8-16H,1-7H3. The third-order valence-corrected chi connectivity index (χ3v) is 6.24. The molecule has 0 amide bonds. The van der Waals surface area contributed by atoms with Crippen molar-refractivity contribution in [1.29, 1.82) is 0 Å². The third-order valence-electron chi connectivity index (χ3n) is 6.24. The third kappa shape index (κ3) is 3.95. The van der Waals surface area contributed by atoms with Crippen molar-refractivity contribution >= 4 is 23.1 Å². The first-order valence-electron chi connectivity index (χ1n) is 10.9. The van der Waals surface area contributed by atoms with E-state index in [-0.39, 0.29) is 6.71 Å². The Hall–Kier alpha value is -3.14. The van der Waals surface area contributed by atoms with E-state index in [1.54, 1.807) is 6.33 Å². The van der Waals surface area contributed by atoms with Gasteiger partial charge in [-0.2, -0.15) is 0 Å². The number of benzene rings is 3. The average Bonchev–Trinajstić information content (AvgIpc) is 3.11. The van der Waals surface area contributed by atoms with Crippen LogP contribution in [0.1, 0.15) is 33.4 Å². The first-order chi connectivity index (χ1) is 14.8. The van der Waals surface area contributed by atoms with Crippen molar-refractivity contribution in [2.45, 2.75) is 41.5 Å². The molecule has 0 N–H and O–H groups in total. The zero-order valence-corrected chi connectivity index (χ0v) is 19.6. The van der Waals surface area contributed by atoms with E-state index in [0.717, 1.165) is 11.4 Å². The molecule has 0 aliphatic heterocycles. The minimum Gasteiger partial charge on any atom is -0.317 e. The molecule has 0 bridgehead atoms. The lowest BCUT2D eigenvalue weighted by molar-refractivity contribution is 0.920. The highest BCUT2D eigenvalue weighted by atomic mass is 15.2. The van der Waals surface area contributed by atoms with Gasteiger partial charge in [0.2, 0.25) is 6.71 Å². The van der Waals surface area contributed by atoms with Crippen LogP contribution in [0.4, 0.5) is 0 Å². The van der Waals surface area contributed by atoms with E-state index in [0.29, 0.717) is 0 Å². The van der Waals surface area contributed by atoms with Crippen LogP contribution in [-0.2, 0) is 7.05 Å². The summed E-state index contributed by atoms with van der Waals surface area (Å²) < 4.78 is 1.97. The number of aryl methyl sites for hydroxylation is 7. The van der Waals surface area contributed by atoms with Gasteiger partial charge >= 0.3 is 0 Å². The Morgan fingerprint density at radius 1 is 0.710 bits per heavy atom. The zero-order chi connectivity index (χ0) is 22.3. The molecular weight excluding hydrogens is 377 g/mol. The Morgan fingerprint density at radius 3 is 1.68 bits per heavy atom.